The molecule has 2 heterocycles. The topological polar surface area (TPSA) is 65.4 Å². The zero-order valence-electron chi connectivity index (χ0n) is 16.7. The number of hydrogen-bond acceptors (Lipinski definition) is 4. The predicted octanol–water partition coefficient (Wildman–Crippen LogP) is 4.90. The zero-order chi connectivity index (χ0) is 23.7. The molecule has 12 heteroatoms. The van der Waals surface area contributed by atoms with Gasteiger partial charge in [0, 0.05) is 18.0 Å². The second-order valence-electron chi connectivity index (χ2n) is 6.87. The maximum Gasteiger partial charge on any atom is 0.573 e. The summed E-state index contributed by atoms with van der Waals surface area (Å²) in [4.78, 5) is 16.7. The Morgan fingerprint density at radius 2 is 1.78 bits per heavy atom. The molecule has 1 aromatic carbocycles. The number of hydrogen-bond donors (Lipinski definition) is 1. The molecule has 0 fully saturated rings. The maximum atomic E-state index is 12.7. The van der Waals surface area contributed by atoms with Gasteiger partial charge in [0.1, 0.15) is 17.2 Å². The number of halogens is 6. The Bertz CT molecular complexity index is 1110. The van der Waals surface area contributed by atoms with E-state index >= 15 is 0 Å². The number of alkyl halides is 6. The normalized spacial score (nSPS) is 13.1. The third kappa shape index (κ3) is 5.83. The van der Waals surface area contributed by atoms with Crippen molar-refractivity contribution in [3.05, 3.63) is 54.0 Å². The number of carbonyl (C=O) groups is 1. The number of rotatable bonds is 6. The largest absolute Gasteiger partial charge is 0.573 e. The third-order valence-electron chi connectivity index (χ3n) is 4.43. The van der Waals surface area contributed by atoms with Crippen LogP contribution in [0.15, 0.2) is 42.6 Å². The lowest BCUT2D eigenvalue weighted by Crippen LogP contribution is -2.28. The van der Waals surface area contributed by atoms with Crippen LogP contribution in [-0.4, -0.2) is 34.6 Å². The maximum absolute atomic E-state index is 12.7. The summed E-state index contributed by atoms with van der Waals surface area (Å²) in [7, 11) is 1.58. The van der Waals surface area contributed by atoms with E-state index in [2.05, 4.69) is 19.8 Å². The SMILES string of the molecule is C[C@@H](NC(=O)c1cc2cc(OC(F)(F)F)ccc2n1C)c1ccc(OCC(F)(F)F)cn1. The van der Waals surface area contributed by atoms with Crippen molar-refractivity contribution in [3.63, 3.8) is 0 Å². The summed E-state index contributed by atoms with van der Waals surface area (Å²) in [5.41, 5.74) is 1.07. The number of aromatic nitrogens is 2. The lowest BCUT2D eigenvalue weighted by atomic mass is 10.2. The smallest absolute Gasteiger partial charge is 0.483 e. The van der Waals surface area contributed by atoms with E-state index in [1.165, 1.54) is 34.9 Å². The highest BCUT2D eigenvalue weighted by atomic mass is 19.4. The number of aryl methyl sites for hydroxylation is 1. The number of benzene rings is 1. The van der Waals surface area contributed by atoms with Gasteiger partial charge < -0.3 is 19.4 Å². The Morgan fingerprint density at radius 1 is 1.09 bits per heavy atom. The van der Waals surface area contributed by atoms with Gasteiger partial charge in [0.05, 0.1) is 17.9 Å². The van der Waals surface area contributed by atoms with Gasteiger partial charge in [-0.3, -0.25) is 9.78 Å². The minimum absolute atomic E-state index is 0.0739. The van der Waals surface area contributed by atoms with E-state index in [-0.39, 0.29) is 11.4 Å². The van der Waals surface area contributed by atoms with Crippen LogP contribution in [-0.2, 0) is 7.05 Å². The summed E-state index contributed by atoms with van der Waals surface area (Å²) in [6, 6.07) is 7.24. The van der Waals surface area contributed by atoms with Crippen LogP contribution in [0.2, 0.25) is 0 Å². The van der Waals surface area contributed by atoms with E-state index in [0.29, 0.717) is 16.6 Å². The molecule has 0 spiro atoms. The molecule has 1 N–H and O–H groups in total. The second-order valence-corrected chi connectivity index (χ2v) is 6.87. The van der Waals surface area contributed by atoms with Crippen molar-refractivity contribution in [2.24, 2.45) is 7.05 Å². The molecule has 0 aliphatic heterocycles. The van der Waals surface area contributed by atoms with E-state index < -0.39 is 36.8 Å². The molecule has 0 saturated heterocycles. The minimum Gasteiger partial charge on any atom is -0.483 e. The fourth-order valence-electron chi connectivity index (χ4n) is 2.99. The van der Waals surface area contributed by atoms with Crippen LogP contribution in [0.3, 0.4) is 0 Å². The molecule has 0 aliphatic rings. The highest BCUT2D eigenvalue weighted by Crippen LogP contribution is 2.28. The van der Waals surface area contributed by atoms with E-state index in [1.807, 2.05) is 0 Å². The molecule has 1 atom stereocenters. The van der Waals surface area contributed by atoms with E-state index in [0.717, 1.165) is 12.3 Å². The summed E-state index contributed by atoms with van der Waals surface area (Å²) in [6.07, 6.45) is -8.20. The van der Waals surface area contributed by atoms with Crippen LogP contribution < -0.4 is 14.8 Å². The molecule has 6 nitrogen and oxygen atoms in total. The summed E-state index contributed by atoms with van der Waals surface area (Å²) in [5.74, 6) is -1.00. The van der Waals surface area contributed by atoms with Gasteiger partial charge in [-0.25, -0.2) is 0 Å². The van der Waals surface area contributed by atoms with Gasteiger partial charge in [-0.1, -0.05) is 0 Å². The summed E-state index contributed by atoms with van der Waals surface area (Å²) < 4.78 is 83.9. The number of fused-ring (bicyclic) bond motifs is 1. The molecular weight excluding hydrogens is 444 g/mol. The van der Waals surface area contributed by atoms with Crippen molar-refractivity contribution < 1.29 is 40.6 Å². The number of ether oxygens (including phenoxy) is 2. The number of amides is 1. The molecule has 0 aliphatic carbocycles. The standard InChI is InChI=1S/C20H17F6N3O3/c1-11(15-5-3-14(9-27-15)31-10-19(21,22)23)28-18(30)17-8-12-7-13(32-20(24,25)26)4-6-16(12)29(17)2/h3-9,11H,10H2,1-2H3,(H,28,30)/t11-/m1/s1. The average molecular weight is 461 g/mol. The number of nitrogens with zero attached hydrogens (tertiary/aromatic N) is 2. The Morgan fingerprint density at radius 3 is 2.38 bits per heavy atom. The highest BCUT2D eigenvalue weighted by Gasteiger charge is 2.31. The summed E-state index contributed by atoms with van der Waals surface area (Å²) >= 11 is 0. The molecule has 0 radical (unpaired) electrons. The van der Waals surface area contributed by atoms with Crippen LogP contribution in [0, 0.1) is 0 Å². The van der Waals surface area contributed by atoms with Crippen molar-refractivity contribution in [2.45, 2.75) is 25.5 Å². The van der Waals surface area contributed by atoms with Gasteiger partial charge in [0.15, 0.2) is 6.61 Å². The first-order valence-electron chi connectivity index (χ1n) is 9.14. The third-order valence-corrected chi connectivity index (χ3v) is 4.43. The zero-order valence-corrected chi connectivity index (χ0v) is 16.7. The molecular formula is C20H17F6N3O3. The first-order chi connectivity index (χ1) is 14.8. The number of carbonyl (C=O) groups excluding carboxylic acids is 1. The monoisotopic (exact) mass is 461 g/mol. The van der Waals surface area contributed by atoms with Gasteiger partial charge in [-0.15, -0.1) is 13.2 Å². The van der Waals surface area contributed by atoms with E-state index in [4.69, 9.17) is 0 Å². The van der Waals surface area contributed by atoms with Gasteiger partial charge in [0.2, 0.25) is 0 Å². The first kappa shape index (κ1) is 23.2. The molecule has 32 heavy (non-hydrogen) atoms. The van der Waals surface area contributed by atoms with Crippen molar-refractivity contribution in [1.29, 1.82) is 0 Å². The fourth-order valence-corrected chi connectivity index (χ4v) is 2.99. The van der Waals surface area contributed by atoms with Crippen LogP contribution in [0.1, 0.15) is 29.1 Å². The lowest BCUT2D eigenvalue weighted by molar-refractivity contribution is -0.274. The molecule has 0 unspecified atom stereocenters. The molecule has 3 rings (SSSR count). The van der Waals surface area contributed by atoms with Crippen LogP contribution in [0.25, 0.3) is 10.9 Å². The van der Waals surface area contributed by atoms with Crippen molar-refractivity contribution in [1.82, 2.24) is 14.9 Å². The van der Waals surface area contributed by atoms with Gasteiger partial charge in [0.25, 0.3) is 5.91 Å². The minimum atomic E-state index is -4.83. The Hall–Kier alpha value is -3.44. The Balaban J connectivity index is 1.71. The Kier molecular flexibility index (Phi) is 6.24. The number of pyridine rings is 1. The quantitative estimate of drug-likeness (QED) is 0.531. The van der Waals surface area contributed by atoms with E-state index in [1.54, 1.807) is 14.0 Å². The molecule has 2 aromatic heterocycles. The summed E-state index contributed by atoms with van der Waals surface area (Å²) in [5, 5.41) is 3.06. The highest BCUT2D eigenvalue weighted by molar-refractivity contribution is 5.99. The predicted molar refractivity (Wildman–Crippen MR) is 101 cm³/mol. The molecule has 1 amide bonds. The Labute approximate surface area is 177 Å². The van der Waals surface area contributed by atoms with Gasteiger partial charge in [-0.05, 0) is 43.3 Å². The van der Waals surface area contributed by atoms with Gasteiger partial charge >= 0.3 is 12.5 Å². The average Bonchev–Trinajstić information content (AvgIpc) is 3.01. The van der Waals surface area contributed by atoms with Crippen molar-refractivity contribution in [3.8, 4) is 11.5 Å². The molecule has 172 valence electrons. The molecule has 0 bridgehead atoms. The van der Waals surface area contributed by atoms with Crippen LogP contribution >= 0.6 is 0 Å². The molecule has 0 saturated carbocycles. The van der Waals surface area contributed by atoms with Crippen LogP contribution in [0.5, 0.6) is 11.5 Å². The van der Waals surface area contributed by atoms with Gasteiger partial charge in [-0.2, -0.15) is 13.2 Å². The summed E-state index contributed by atoms with van der Waals surface area (Å²) in [6.45, 7) is 0.172. The fraction of sp³-hybridized carbons (Fsp3) is 0.300. The number of nitrogens with one attached hydrogen (secondary N) is 1. The van der Waals surface area contributed by atoms with Crippen molar-refractivity contribution >= 4 is 16.8 Å². The molecule has 3 aromatic rings. The van der Waals surface area contributed by atoms with Crippen LogP contribution in [0.4, 0.5) is 26.3 Å². The first-order valence-corrected chi connectivity index (χ1v) is 9.14. The second kappa shape index (κ2) is 8.60. The van der Waals surface area contributed by atoms with Crippen molar-refractivity contribution in [2.75, 3.05) is 6.61 Å². The van der Waals surface area contributed by atoms with E-state index in [9.17, 15) is 31.1 Å². The lowest BCUT2D eigenvalue weighted by Gasteiger charge is -2.15.